The molecular formula is C10H6F4N2O2. The van der Waals surface area contributed by atoms with Crippen LogP contribution in [0.1, 0.15) is 20.7 Å². The van der Waals surface area contributed by atoms with Gasteiger partial charge in [-0.3, -0.25) is 9.59 Å². The van der Waals surface area contributed by atoms with Gasteiger partial charge in [-0.1, -0.05) is 0 Å². The molecular weight excluding hydrogens is 256 g/mol. The Morgan fingerprint density at radius 2 is 1.11 bits per heavy atom. The first kappa shape index (κ1) is 12.5. The molecule has 0 atom stereocenters. The molecule has 0 fully saturated rings. The molecule has 2 rings (SSSR count). The fourth-order valence-corrected chi connectivity index (χ4v) is 1.70. The van der Waals surface area contributed by atoms with Gasteiger partial charge in [-0.05, 0) is 0 Å². The highest BCUT2D eigenvalue weighted by atomic mass is 19.2. The monoisotopic (exact) mass is 262 g/mol. The number of halogens is 4. The molecule has 0 N–H and O–H groups in total. The van der Waals surface area contributed by atoms with E-state index in [-0.39, 0.29) is 0 Å². The molecule has 0 unspecified atom stereocenters. The number of rotatable bonds is 1. The molecule has 0 saturated carbocycles. The first-order chi connectivity index (χ1) is 8.29. The van der Waals surface area contributed by atoms with E-state index in [9.17, 15) is 27.2 Å². The average Bonchev–Trinajstić information content (AvgIpc) is 2.55. The second kappa shape index (κ2) is 3.77. The van der Waals surface area contributed by atoms with Crippen molar-refractivity contribution < 1.29 is 27.2 Å². The molecule has 4 nitrogen and oxygen atoms in total. The molecule has 1 aliphatic heterocycles. The molecule has 96 valence electrons. The first-order valence-electron chi connectivity index (χ1n) is 4.71. The first-order valence-corrected chi connectivity index (χ1v) is 4.71. The second-order valence-electron chi connectivity index (χ2n) is 3.78. The summed E-state index contributed by atoms with van der Waals surface area (Å²) in [6.07, 6.45) is 0. The van der Waals surface area contributed by atoms with Crippen LogP contribution in [0.3, 0.4) is 0 Å². The van der Waals surface area contributed by atoms with Crippen LogP contribution in [0.4, 0.5) is 17.6 Å². The number of fused-ring (bicyclic) bond motifs is 1. The van der Waals surface area contributed by atoms with E-state index < -0.39 is 46.2 Å². The lowest BCUT2D eigenvalue weighted by Crippen LogP contribution is -2.41. The minimum absolute atomic E-state index is 0.385. The lowest BCUT2D eigenvalue weighted by Gasteiger charge is -2.20. The zero-order valence-electron chi connectivity index (χ0n) is 9.22. The van der Waals surface area contributed by atoms with Crippen LogP contribution < -0.4 is 0 Å². The van der Waals surface area contributed by atoms with Crippen molar-refractivity contribution in [3.8, 4) is 0 Å². The standard InChI is InChI=1S/C10H6F4N2O2/c1-15(2)16-9(17)3-4(10(16)18)6(12)8(14)7(13)5(3)11/h1-2H3. The summed E-state index contributed by atoms with van der Waals surface area (Å²) in [4.78, 5) is 23.3. The summed E-state index contributed by atoms with van der Waals surface area (Å²) in [6, 6.07) is 0. The third-order valence-electron chi connectivity index (χ3n) is 2.48. The molecule has 0 aromatic heterocycles. The second-order valence-corrected chi connectivity index (χ2v) is 3.78. The molecule has 1 aromatic carbocycles. The fourth-order valence-electron chi connectivity index (χ4n) is 1.70. The van der Waals surface area contributed by atoms with Crippen molar-refractivity contribution in [3.63, 3.8) is 0 Å². The van der Waals surface area contributed by atoms with Crippen LogP contribution >= 0.6 is 0 Å². The maximum absolute atomic E-state index is 13.4. The van der Waals surface area contributed by atoms with Gasteiger partial charge in [-0.15, -0.1) is 0 Å². The van der Waals surface area contributed by atoms with E-state index in [0.29, 0.717) is 5.01 Å². The minimum Gasteiger partial charge on any atom is -0.267 e. The Morgan fingerprint density at radius 1 is 0.778 bits per heavy atom. The van der Waals surface area contributed by atoms with Crippen molar-refractivity contribution in [2.45, 2.75) is 0 Å². The molecule has 0 radical (unpaired) electrons. The van der Waals surface area contributed by atoms with E-state index in [1.807, 2.05) is 0 Å². The van der Waals surface area contributed by atoms with Gasteiger partial charge in [0.25, 0.3) is 11.8 Å². The maximum atomic E-state index is 13.4. The molecule has 0 bridgehead atoms. The summed E-state index contributed by atoms with van der Waals surface area (Å²) in [6.45, 7) is 0. The third kappa shape index (κ3) is 1.35. The highest BCUT2D eigenvalue weighted by Gasteiger charge is 2.45. The Kier molecular flexibility index (Phi) is 2.62. The van der Waals surface area contributed by atoms with E-state index in [0.717, 1.165) is 5.01 Å². The van der Waals surface area contributed by atoms with Gasteiger partial charge >= 0.3 is 0 Å². The predicted molar refractivity (Wildman–Crippen MR) is 50.5 cm³/mol. The number of carbonyl (C=O) groups excluding carboxylic acids is 2. The lowest BCUT2D eigenvalue weighted by molar-refractivity contribution is 0.0231. The number of benzene rings is 1. The van der Waals surface area contributed by atoms with Gasteiger partial charge in [-0.25, -0.2) is 27.6 Å². The van der Waals surface area contributed by atoms with Crippen molar-refractivity contribution in [1.82, 2.24) is 10.0 Å². The lowest BCUT2D eigenvalue weighted by atomic mass is 10.1. The number of amides is 2. The molecule has 8 heteroatoms. The Bertz CT molecular complexity index is 539. The summed E-state index contributed by atoms with van der Waals surface area (Å²) < 4.78 is 52.8. The molecule has 0 spiro atoms. The summed E-state index contributed by atoms with van der Waals surface area (Å²) in [5.74, 6) is -10.5. The van der Waals surface area contributed by atoms with Gasteiger partial charge in [0.1, 0.15) is 0 Å². The number of hydrazine groups is 1. The van der Waals surface area contributed by atoms with Crippen LogP contribution in [-0.4, -0.2) is 35.9 Å². The summed E-state index contributed by atoms with van der Waals surface area (Å²) >= 11 is 0. The smallest absolute Gasteiger partial charge is 0.267 e. The number of carbonyl (C=O) groups is 2. The highest BCUT2D eigenvalue weighted by molar-refractivity contribution is 6.21. The molecule has 1 aromatic rings. The summed E-state index contributed by atoms with van der Waals surface area (Å²) in [5.41, 5.74) is -2.18. The Hall–Kier alpha value is -1.96. The van der Waals surface area contributed by atoms with Crippen molar-refractivity contribution in [1.29, 1.82) is 0 Å². The SMILES string of the molecule is CN(C)N1C(=O)c2c(F)c(F)c(F)c(F)c2C1=O. The zero-order chi connectivity index (χ0) is 13.8. The number of hydrogen-bond acceptors (Lipinski definition) is 3. The van der Waals surface area contributed by atoms with Crippen molar-refractivity contribution in [2.75, 3.05) is 14.1 Å². The van der Waals surface area contributed by atoms with Gasteiger partial charge < -0.3 is 0 Å². The van der Waals surface area contributed by atoms with Crippen molar-refractivity contribution >= 4 is 11.8 Å². The van der Waals surface area contributed by atoms with Crippen LogP contribution in [0.25, 0.3) is 0 Å². The number of hydrogen-bond donors (Lipinski definition) is 0. The third-order valence-corrected chi connectivity index (χ3v) is 2.48. The van der Waals surface area contributed by atoms with Gasteiger partial charge in [0.05, 0.1) is 11.1 Å². The Labute approximate surface area is 98.4 Å². The van der Waals surface area contributed by atoms with Gasteiger partial charge in [0.2, 0.25) is 0 Å². The minimum atomic E-state index is -2.12. The molecule has 1 heterocycles. The summed E-state index contributed by atoms with van der Waals surface area (Å²) in [5, 5.41) is 1.34. The molecule has 0 saturated heterocycles. The van der Waals surface area contributed by atoms with E-state index in [1.165, 1.54) is 14.1 Å². The van der Waals surface area contributed by atoms with Gasteiger partial charge in [-0.2, -0.15) is 0 Å². The van der Waals surface area contributed by atoms with Crippen LogP contribution in [-0.2, 0) is 0 Å². The van der Waals surface area contributed by atoms with Crippen LogP contribution in [0.5, 0.6) is 0 Å². The molecule has 1 aliphatic rings. The van der Waals surface area contributed by atoms with E-state index in [1.54, 1.807) is 0 Å². The zero-order valence-corrected chi connectivity index (χ0v) is 9.22. The van der Waals surface area contributed by atoms with Gasteiger partial charge in [0.15, 0.2) is 23.3 Å². The van der Waals surface area contributed by atoms with Gasteiger partial charge in [0, 0.05) is 14.1 Å². The van der Waals surface area contributed by atoms with E-state index in [4.69, 9.17) is 0 Å². The predicted octanol–water partition coefficient (Wildman–Crippen LogP) is 1.32. The van der Waals surface area contributed by atoms with Crippen LogP contribution in [0.2, 0.25) is 0 Å². The highest BCUT2D eigenvalue weighted by Crippen LogP contribution is 2.31. The van der Waals surface area contributed by atoms with Crippen molar-refractivity contribution in [3.05, 3.63) is 34.4 Å². The molecule has 2 amide bonds. The largest absolute Gasteiger partial charge is 0.279 e. The van der Waals surface area contributed by atoms with E-state index >= 15 is 0 Å². The molecule has 0 aliphatic carbocycles. The summed E-state index contributed by atoms with van der Waals surface area (Å²) in [7, 11) is 2.54. The fraction of sp³-hybridized carbons (Fsp3) is 0.200. The Morgan fingerprint density at radius 3 is 1.39 bits per heavy atom. The van der Waals surface area contributed by atoms with E-state index in [2.05, 4.69) is 0 Å². The topological polar surface area (TPSA) is 40.6 Å². The molecule has 18 heavy (non-hydrogen) atoms. The van der Waals surface area contributed by atoms with Crippen LogP contribution in [0, 0.1) is 23.3 Å². The maximum Gasteiger partial charge on any atom is 0.279 e. The number of imide groups is 1. The van der Waals surface area contributed by atoms with Crippen LogP contribution in [0.15, 0.2) is 0 Å². The average molecular weight is 262 g/mol. The number of nitrogens with zero attached hydrogens (tertiary/aromatic N) is 2. The normalized spacial score (nSPS) is 14.7. The van der Waals surface area contributed by atoms with Crippen molar-refractivity contribution in [2.24, 2.45) is 0 Å². The Balaban J connectivity index is 2.80. The quantitative estimate of drug-likeness (QED) is 0.331.